The third-order valence-electron chi connectivity index (χ3n) is 2.70. The van der Waals surface area contributed by atoms with Crippen molar-refractivity contribution in [2.45, 2.75) is 0 Å². The maximum absolute atomic E-state index is 14.5. The number of hydrogen-bond donors (Lipinski definition) is 1. The molecule has 1 N–H and O–H groups in total. The van der Waals surface area contributed by atoms with Crippen molar-refractivity contribution >= 4 is 38.2 Å². The molecule has 0 atom stereocenters. The highest BCUT2D eigenvalue weighted by atomic mass is 79.9. The van der Waals surface area contributed by atoms with E-state index in [0.717, 1.165) is 0 Å². The van der Waals surface area contributed by atoms with Crippen LogP contribution in [0.25, 0.3) is 21.3 Å². The van der Waals surface area contributed by atoms with Crippen LogP contribution in [0.15, 0.2) is 45.0 Å². The Morgan fingerprint density at radius 3 is 2.78 bits per heavy atom. The summed E-state index contributed by atoms with van der Waals surface area (Å²) in [6.07, 6.45) is 0. The summed E-state index contributed by atoms with van der Waals surface area (Å²) >= 11 is 4.65. The molecule has 90 valence electrons. The van der Waals surface area contributed by atoms with E-state index < -0.39 is 11.4 Å². The second kappa shape index (κ2) is 4.33. The van der Waals surface area contributed by atoms with Gasteiger partial charge in [-0.05, 0) is 39.5 Å². The summed E-state index contributed by atoms with van der Waals surface area (Å²) in [5, 5.41) is 2.22. The summed E-state index contributed by atoms with van der Waals surface area (Å²) in [6.45, 7) is 0. The molecule has 18 heavy (non-hydrogen) atoms. The van der Waals surface area contributed by atoms with Crippen LogP contribution in [0, 0.1) is 5.82 Å². The molecule has 0 unspecified atom stereocenters. The number of pyridine rings is 1. The quantitative estimate of drug-likeness (QED) is 0.716. The lowest BCUT2D eigenvalue weighted by Crippen LogP contribution is -2.11. The molecule has 0 fully saturated rings. The van der Waals surface area contributed by atoms with Crippen LogP contribution in [-0.4, -0.2) is 4.98 Å². The van der Waals surface area contributed by atoms with Crippen molar-refractivity contribution in [3.05, 3.63) is 56.4 Å². The van der Waals surface area contributed by atoms with E-state index in [1.807, 2.05) is 5.38 Å². The Morgan fingerprint density at radius 1 is 1.22 bits per heavy atom. The number of hydrogen-bond acceptors (Lipinski definition) is 2. The van der Waals surface area contributed by atoms with E-state index in [9.17, 15) is 9.18 Å². The van der Waals surface area contributed by atoms with Crippen LogP contribution in [0.5, 0.6) is 0 Å². The largest absolute Gasteiger partial charge is 0.321 e. The molecule has 0 saturated heterocycles. The zero-order chi connectivity index (χ0) is 12.7. The van der Waals surface area contributed by atoms with Gasteiger partial charge in [0.05, 0.1) is 11.1 Å². The molecular formula is C13H7BrFNOS. The highest BCUT2D eigenvalue weighted by molar-refractivity contribution is 9.10. The first-order valence-corrected chi connectivity index (χ1v) is 6.89. The molecule has 3 aromatic rings. The number of thiophene rings is 1. The summed E-state index contributed by atoms with van der Waals surface area (Å²) in [7, 11) is 0. The van der Waals surface area contributed by atoms with Crippen LogP contribution in [0.3, 0.4) is 0 Å². The zero-order valence-corrected chi connectivity index (χ0v) is 11.4. The zero-order valence-electron chi connectivity index (χ0n) is 9.04. The molecule has 0 aliphatic rings. The number of H-pyrrole nitrogens is 1. The molecule has 2 heterocycles. The fraction of sp³-hybridized carbons (Fsp3) is 0. The van der Waals surface area contributed by atoms with Crippen molar-refractivity contribution in [1.29, 1.82) is 0 Å². The fourth-order valence-electron chi connectivity index (χ4n) is 1.90. The lowest BCUT2D eigenvalue weighted by Gasteiger charge is -2.06. The van der Waals surface area contributed by atoms with Gasteiger partial charge in [0.15, 0.2) is 0 Å². The first-order chi connectivity index (χ1) is 8.68. The van der Waals surface area contributed by atoms with E-state index in [0.29, 0.717) is 20.3 Å². The minimum Gasteiger partial charge on any atom is -0.321 e. The fourth-order valence-corrected chi connectivity index (χ4v) is 3.20. The van der Waals surface area contributed by atoms with Gasteiger partial charge in [0.2, 0.25) is 0 Å². The van der Waals surface area contributed by atoms with Gasteiger partial charge in [-0.2, -0.15) is 0 Å². The van der Waals surface area contributed by atoms with Crippen molar-refractivity contribution in [3.8, 4) is 10.4 Å². The van der Waals surface area contributed by atoms with E-state index in [4.69, 9.17) is 0 Å². The maximum Gasteiger partial charge on any atom is 0.260 e. The van der Waals surface area contributed by atoms with Crippen LogP contribution in [0.1, 0.15) is 0 Å². The summed E-state index contributed by atoms with van der Waals surface area (Å²) in [6, 6.07) is 8.72. The predicted octanol–water partition coefficient (Wildman–Crippen LogP) is 4.16. The van der Waals surface area contributed by atoms with Gasteiger partial charge in [-0.15, -0.1) is 11.3 Å². The second-order valence-corrected chi connectivity index (χ2v) is 5.58. The summed E-state index contributed by atoms with van der Waals surface area (Å²) < 4.78 is 15.1. The number of nitrogens with one attached hydrogen (secondary N) is 1. The molecule has 2 nitrogen and oxygen atoms in total. The molecule has 0 aliphatic carbocycles. The van der Waals surface area contributed by atoms with Crippen molar-refractivity contribution in [3.63, 3.8) is 0 Å². The van der Waals surface area contributed by atoms with E-state index >= 15 is 0 Å². The van der Waals surface area contributed by atoms with Gasteiger partial charge in [-0.3, -0.25) is 4.79 Å². The monoisotopic (exact) mass is 323 g/mol. The lowest BCUT2D eigenvalue weighted by molar-refractivity contribution is 0.640. The Kier molecular flexibility index (Phi) is 2.80. The van der Waals surface area contributed by atoms with Gasteiger partial charge >= 0.3 is 0 Å². The van der Waals surface area contributed by atoms with Gasteiger partial charge < -0.3 is 4.98 Å². The molecule has 0 saturated carbocycles. The van der Waals surface area contributed by atoms with Crippen molar-refractivity contribution in [2.24, 2.45) is 0 Å². The second-order valence-electron chi connectivity index (χ2n) is 3.78. The molecule has 0 bridgehead atoms. The molecule has 0 spiro atoms. The van der Waals surface area contributed by atoms with E-state index in [-0.39, 0.29) is 5.56 Å². The molecule has 5 heteroatoms. The van der Waals surface area contributed by atoms with Crippen LogP contribution in [0.2, 0.25) is 0 Å². The molecule has 0 aliphatic heterocycles. The van der Waals surface area contributed by atoms with Crippen molar-refractivity contribution in [1.82, 2.24) is 4.98 Å². The average Bonchev–Trinajstić information content (AvgIpc) is 2.82. The molecule has 2 aromatic heterocycles. The number of halogens is 2. The van der Waals surface area contributed by atoms with Crippen LogP contribution >= 0.6 is 27.3 Å². The first-order valence-electron chi connectivity index (χ1n) is 5.22. The van der Waals surface area contributed by atoms with Crippen LogP contribution in [-0.2, 0) is 0 Å². The number of aromatic amines is 1. The summed E-state index contributed by atoms with van der Waals surface area (Å²) in [5.41, 5.74) is 0.192. The maximum atomic E-state index is 14.5. The van der Waals surface area contributed by atoms with Gasteiger partial charge in [0.25, 0.3) is 5.56 Å². The van der Waals surface area contributed by atoms with E-state index in [2.05, 4.69) is 20.9 Å². The average molecular weight is 324 g/mol. The number of fused-ring (bicyclic) bond motifs is 1. The van der Waals surface area contributed by atoms with Crippen molar-refractivity contribution < 1.29 is 4.39 Å². The highest BCUT2D eigenvalue weighted by Gasteiger charge is 2.16. The first kappa shape index (κ1) is 11.6. The van der Waals surface area contributed by atoms with Gasteiger partial charge in [-0.1, -0.05) is 12.1 Å². The van der Waals surface area contributed by atoms with Gasteiger partial charge in [0.1, 0.15) is 5.82 Å². The molecule has 1 aromatic carbocycles. The standard InChI is InChI=1S/C13H7BrFNOS/c14-7-3-1-4-8-10(7)12(15)11(13(17)16-8)9-5-2-6-18-9/h1-6H,(H,16,17). The topological polar surface area (TPSA) is 32.9 Å². The molecular weight excluding hydrogens is 317 g/mol. The Morgan fingerprint density at radius 2 is 2.06 bits per heavy atom. The van der Waals surface area contributed by atoms with Gasteiger partial charge in [-0.25, -0.2) is 4.39 Å². The number of benzene rings is 1. The van der Waals surface area contributed by atoms with E-state index in [1.165, 1.54) is 11.3 Å². The normalized spacial score (nSPS) is 11.0. The van der Waals surface area contributed by atoms with Crippen molar-refractivity contribution in [2.75, 3.05) is 0 Å². The Balaban J connectivity index is 2.48. The molecule has 0 amide bonds. The smallest absolute Gasteiger partial charge is 0.260 e. The highest BCUT2D eigenvalue weighted by Crippen LogP contribution is 2.31. The summed E-state index contributed by atoms with van der Waals surface area (Å²) in [4.78, 5) is 15.3. The van der Waals surface area contributed by atoms with Crippen LogP contribution < -0.4 is 5.56 Å². The molecule has 0 radical (unpaired) electrons. The summed E-state index contributed by atoms with van der Waals surface area (Å²) in [5.74, 6) is -0.483. The SMILES string of the molecule is O=c1[nH]c2cccc(Br)c2c(F)c1-c1cccs1. The van der Waals surface area contributed by atoms with E-state index in [1.54, 1.807) is 30.3 Å². The third-order valence-corrected chi connectivity index (χ3v) is 4.24. The Hall–Kier alpha value is -1.46. The third kappa shape index (κ3) is 1.71. The Labute approximate surface area is 114 Å². The number of aromatic nitrogens is 1. The minimum absolute atomic E-state index is 0.101. The predicted molar refractivity (Wildman–Crippen MR) is 75.5 cm³/mol. The lowest BCUT2D eigenvalue weighted by atomic mass is 10.1. The van der Waals surface area contributed by atoms with Crippen LogP contribution in [0.4, 0.5) is 4.39 Å². The minimum atomic E-state index is -0.483. The number of rotatable bonds is 1. The molecule has 3 rings (SSSR count). The Bertz CT molecular complexity index is 780. The van der Waals surface area contributed by atoms with Gasteiger partial charge in [0, 0.05) is 14.7 Å².